The summed E-state index contributed by atoms with van der Waals surface area (Å²) >= 11 is 6.41. The van der Waals surface area contributed by atoms with Crippen molar-refractivity contribution >= 4 is 28.9 Å². The van der Waals surface area contributed by atoms with Crippen molar-refractivity contribution in [2.24, 2.45) is 0 Å². The largest absolute Gasteiger partial charge is 0.493 e. The van der Waals surface area contributed by atoms with Crippen LogP contribution in [0.3, 0.4) is 0 Å². The van der Waals surface area contributed by atoms with Crippen LogP contribution in [-0.4, -0.2) is 46.4 Å². The number of amides is 1. The molecule has 2 aromatic carbocycles. The molecule has 26 heavy (non-hydrogen) atoms. The van der Waals surface area contributed by atoms with Gasteiger partial charge < -0.3 is 24.4 Å². The molecule has 0 spiro atoms. The molecule has 1 heterocycles. The zero-order valence-electron chi connectivity index (χ0n) is 14.8. The number of hydrogen-bond donors (Lipinski definition) is 1. The van der Waals surface area contributed by atoms with Gasteiger partial charge in [0.1, 0.15) is 0 Å². The Labute approximate surface area is 157 Å². The van der Waals surface area contributed by atoms with Gasteiger partial charge in [0.05, 0.1) is 43.8 Å². The van der Waals surface area contributed by atoms with Gasteiger partial charge in [-0.2, -0.15) is 0 Å². The van der Waals surface area contributed by atoms with E-state index in [4.69, 9.17) is 25.8 Å². The summed E-state index contributed by atoms with van der Waals surface area (Å²) < 4.78 is 15.9. The summed E-state index contributed by atoms with van der Waals surface area (Å²) in [5, 5.41) is 3.55. The van der Waals surface area contributed by atoms with Crippen LogP contribution in [0.2, 0.25) is 5.02 Å². The predicted octanol–water partition coefficient (Wildman–Crippen LogP) is 3.45. The third kappa shape index (κ3) is 3.86. The Bertz CT molecular complexity index is 791. The van der Waals surface area contributed by atoms with Gasteiger partial charge in [-0.15, -0.1) is 0 Å². The first-order valence-corrected chi connectivity index (χ1v) is 8.66. The van der Waals surface area contributed by atoms with Crippen molar-refractivity contribution in [2.45, 2.75) is 0 Å². The summed E-state index contributed by atoms with van der Waals surface area (Å²) in [6.45, 7) is 2.72. The highest BCUT2D eigenvalue weighted by Gasteiger charge is 2.20. The van der Waals surface area contributed by atoms with E-state index in [1.807, 2.05) is 18.2 Å². The fraction of sp³-hybridized carbons (Fsp3) is 0.316. The number of nitrogens with zero attached hydrogens (tertiary/aromatic N) is 1. The van der Waals surface area contributed by atoms with E-state index in [-0.39, 0.29) is 5.91 Å². The van der Waals surface area contributed by atoms with E-state index in [1.165, 1.54) is 7.11 Å². The molecule has 0 bridgehead atoms. The monoisotopic (exact) mass is 376 g/mol. The van der Waals surface area contributed by atoms with Crippen molar-refractivity contribution in [1.82, 2.24) is 0 Å². The second kappa shape index (κ2) is 8.29. The van der Waals surface area contributed by atoms with Crippen molar-refractivity contribution < 1.29 is 19.0 Å². The van der Waals surface area contributed by atoms with Gasteiger partial charge in [-0.05, 0) is 30.3 Å². The van der Waals surface area contributed by atoms with E-state index < -0.39 is 0 Å². The second-order valence-electron chi connectivity index (χ2n) is 5.76. The van der Waals surface area contributed by atoms with Crippen LogP contribution in [0.15, 0.2) is 36.4 Å². The molecule has 3 rings (SSSR count). The average molecular weight is 377 g/mol. The van der Waals surface area contributed by atoms with E-state index in [1.54, 1.807) is 25.3 Å². The van der Waals surface area contributed by atoms with Crippen LogP contribution in [0, 0.1) is 0 Å². The highest BCUT2D eigenvalue weighted by atomic mass is 35.5. The number of carbonyl (C=O) groups excluding carboxylic acids is 1. The molecule has 0 aliphatic carbocycles. The molecule has 0 unspecified atom stereocenters. The molecule has 0 saturated carbocycles. The number of carbonyl (C=O) groups is 1. The van der Waals surface area contributed by atoms with Crippen molar-refractivity contribution in [3.8, 4) is 11.5 Å². The standard InChI is InChI=1S/C19H21ClN2O4/c1-24-16-7-6-13(12-17(16)25-2)19(23)21-15-5-3-4-14(20)18(15)22-8-10-26-11-9-22/h3-7,12H,8-11H2,1-2H3,(H,21,23). The maximum Gasteiger partial charge on any atom is 0.255 e. The van der Waals surface area contributed by atoms with Gasteiger partial charge in [0.2, 0.25) is 0 Å². The van der Waals surface area contributed by atoms with Crippen molar-refractivity contribution in [2.75, 3.05) is 50.7 Å². The van der Waals surface area contributed by atoms with Crippen LogP contribution in [0.25, 0.3) is 0 Å². The van der Waals surface area contributed by atoms with Crippen LogP contribution in [0.1, 0.15) is 10.4 Å². The number of hydrogen-bond acceptors (Lipinski definition) is 5. The number of rotatable bonds is 5. The van der Waals surface area contributed by atoms with Gasteiger partial charge in [-0.3, -0.25) is 4.79 Å². The number of ether oxygens (including phenoxy) is 3. The molecular weight excluding hydrogens is 356 g/mol. The van der Waals surface area contributed by atoms with Crippen LogP contribution >= 0.6 is 11.6 Å². The van der Waals surface area contributed by atoms with Gasteiger partial charge >= 0.3 is 0 Å². The lowest BCUT2D eigenvalue weighted by molar-refractivity contribution is 0.102. The number of benzene rings is 2. The fourth-order valence-corrected chi connectivity index (χ4v) is 3.19. The Balaban J connectivity index is 1.87. The zero-order valence-corrected chi connectivity index (χ0v) is 15.5. The van der Waals surface area contributed by atoms with E-state index >= 15 is 0 Å². The Morgan fingerprint density at radius 3 is 2.54 bits per heavy atom. The van der Waals surface area contributed by atoms with E-state index in [0.29, 0.717) is 41.0 Å². The zero-order chi connectivity index (χ0) is 18.5. The third-order valence-electron chi connectivity index (χ3n) is 4.21. The minimum Gasteiger partial charge on any atom is -0.493 e. The number of halogens is 1. The summed E-state index contributed by atoms with van der Waals surface area (Å²) in [5.74, 6) is 0.822. The lowest BCUT2D eigenvalue weighted by atomic mass is 10.1. The quantitative estimate of drug-likeness (QED) is 0.866. The minimum atomic E-state index is -0.247. The smallest absolute Gasteiger partial charge is 0.255 e. The summed E-state index contributed by atoms with van der Waals surface area (Å²) in [6.07, 6.45) is 0. The van der Waals surface area contributed by atoms with Gasteiger partial charge in [0.15, 0.2) is 11.5 Å². The minimum absolute atomic E-state index is 0.247. The van der Waals surface area contributed by atoms with Gasteiger partial charge in [-0.1, -0.05) is 17.7 Å². The highest BCUT2D eigenvalue weighted by Crippen LogP contribution is 2.35. The molecule has 1 amide bonds. The molecule has 1 aliphatic heterocycles. The topological polar surface area (TPSA) is 60.0 Å². The first kappa shape index (κ1) is 18.4. The van der Waals surface area contributed by atoms with E-state index in [9.17, 15) is 4.79 Å². The SMILES string of the molecule is COc1ccc(C(=O)Nc2cccc(Cl)c2N2CCOCC2)cc1OC. The Hall–Kier alpha value is -2.44. The summed E-state index contributed by atoms with van der Waals surface area (Å²) in [6, 6.07) is 10.5. The molecule has 1 N–H and O–H groups in total. The van der Waals surface area contributed by atoms with Crippen LogP contribution in [0.5, 0.6) is 11.5 Å². The third-order valence-corrected chi connectivity index (χ3v) is 4.51. The van der Waals surface area contributed by atoms with Gasteiger partial charge in [0.25, 0.3) is 5.91 Å². The first-order valence-electron chi connectivity index (χ1n) is 8.28. The molecule has 0 aromatic heterocycles. The van der Waals surface area contributed by atoms with Crippen molar-refractivity contribution in [3.05, 3.63) is 47.0 Å². The number of nitrogens with one attached hydrogen (secondary N) is 1. The fourth-order valence-electron chi connectivity index (χ4n) is 2.90. The molecule has 1 fully saturated rings. The highest BCUT2D eigenvalue weighted by molar-refractivity contribution is 6.34. The molecule has 0 atom stereocenters. The average Bonchev–Trinajstić information content (AvgIpc) is 2.68. The molecule has 1 saturated heterocycles. The Morgan fingerprint density at radius 2 is 1.85 bits per heavy atom. The molecular formula is C19H21ClN2O4. The summed E-state index contributed by atoms with van der Waals surface area (Å²) in [7, 11) is 3.09. The molecule has 6 nitrogen and oxygen atoms in total. The molecule has 2 aromatic rings. The second-order valence-corrected chi connectivity index (χ2v) is 6.17. The number of morpholine rings is 1. The maximum atomic E-state index is 12.7. The van der Waals surface area contributed by atoms with Crippen LogP contribution < -0.4 is 19.7 Å². The molecule has 0 radical (unpaired) electrons. The van der Waals surface area contributed by atoms with E-state index in [0.717, 1.165) is 18.8 Å². The summed E-state index contributed by atoms with van der Waals surface area (Å²) in [4.78, 5) is 14.9. The van der Waals surface area contributed by atoms with Crippen LogP contribution in [-0.2, 0) is 4.74 Å². The van der Waals surface area contributed by atoms with E-state index in [2.05, 4.69) is 10.2 Å². The van der Waals surface area contributed by atoms with Crippen molar-refractivity contribution in [1.29, 1.82) is 0 Å². The normalized spacial score (nSPS) is 14.0. The summed E-state index contributed by atoms with van der Waals surface area (Å²) in [5.41, 5.74) is 1.95. The first-order chi connectivity index (χ1) is 12.6. The van der Waals surface area contributed by atoms with Gasteiger partial charge in [0, 0.05) is 18.7 Å². The number of anilines is 2. The van der Waals surface area contributed by atoms with Crippen molar-refractivity contribution in [3.63, 3.8) is 0 Å². The molecule has 1 aliphatic rings. The Kier molecular flexibility index (Phi) is 5.85. The lowest BCUT2D eigenvalue weighted by Crippen LogP contribution is -2.37. The maximum absolute atomic E-state index is 12.7. The molecule has 138 valence electrons. The lowest BCUT2D eigenvalue weighted by Gasteiger charge is -2.31. The van der Waals surface area contributed by atoms with Crippen LogP contribution in [0.4, 0.5) is 11.4 Å². The predicted molar refractivity (Wildman–Crippen MR) is 102 cm³/mol. The van der Waals surface area contributed by atoms with Gasteiger partial charge in [-0.25, -0.2) is 0 Å². The number of para-hydroxylation sites is 1. The number of methoxy groups -OCH3 is 2. The Morgan fingerprint density at radius 1 is 1.12 bits per heavy atom. The molecule has 7 heteroatoms.